The van der Waals surface area contributed by atoms with Crippen LogP contribution in [0.3, 0.4) is 0 Å². The number of benzene rings is 2. The molecule has 1 N–H and O–H groups in total. The van der Waals surface area contributed by atoms with E-state index in [9.17, 15) is 9.18 Å². The number of halogens is 2. The molecule has 0 fully saturated rings. The molecule has 0 aliphatic carbocycles. The third-order valence-corrected chi connectivity index (χ3v) is 4.56. The SMILES string of the molecule is Cc1cc(Cl)ccc1OC(C)C(=O)Nc1nc2ccc(F)cc2s1. The average Bonchev–Trinajstić information content (AvgIpc) is 2.91. The number of hydrogen-bond acceptors (Lipinski definition) is 4. The first-order chi connectivity index (χ1) is 11.4. The molecule has 7 heteroatoms. The molecule has 0 saturated heterocycles. The van der Waals surface area contributed by atoms with Crippen LogP contribution in [0.4, 0.5) is 9.52 Å². The highest BCUT2D eigenvalue weighted by atomic mass is 35.5. The summed E-state index contributed by atoms with van der Waals surface area (Å²) in [6, 6.07) is 9.50. The van der Waals surface area contributed by atoms with E-state index >= 15 is 0 Å². The minimum Gasteiger partial charge on any atom is -0.481 e. The number of hydrogen-bond donors (Lipinski definition) is 1. The van der Waals surface area contributed by atoms with Gasteiger partial charge >= 0.3 is 0 Å². The molecule has 0 spiro atoms. The number of nitrogens with zero attached hydrogens (tertiary/aromatic N) is 1. The minimum atomic E-state index is -0.714. The number of ether oxygens (including phenoxy) is 1. The maximum Gasteiger partial charge on any atom is 0.266 e. The van der Waals surface area contributed by atoms with Crippen LogP contribution in [0.5, 0.6) is 5.75 Å². The van der Waals surface area contributed by atoms with Crippen molar-refractivity contribution < 1.29 is 13.9 Å². The van der Waals surface area contributed by atoms with E-state index < -0.39 is 6.10 Å². The summed E-state index contributed by atoms with van der Waals surface area (Å²) in [5, 5.41) is 3.71. The van der Waals surface area contributed by atoms with Crippen molar-refractivity contribution in [3.63, 3.8) is 0 Å². The van der Waals surface area contributed by atoms with Crippen molar-refractivity contribution in [2.45, 2.75) is 20.0 Å². The zero-order chi connectivity index (χ0) is 17.3. The predicted octanol–water partition coefficient (Wildman–Crippen LogP) is 4.80. The molecule has 0 aliphatic heterocycles. The van der Waals surface area contributed by atoms with Gasteiger partial charge in [0.15, 0.2) is 11.2 Å². The van der Waals surface area contributed by atoms with E-state index in [4.69, 9.17) is 16.3 Å². The Morgan fingerprint density at radius 2 is 2.12 bits per heavy atom. The number of aryl methyl sites for hydroxylation is 1. The monoisotopic (exact) mass is 364 g/mol. The third kappa shape index (κ3) is 3.66. The molecule has 1 aromatic heterocycles. The van der Waals surface area contributed by atoms with E-state index in [-0.39, 0.29) is 11.7 Å². The van der Waals surface area contributed by atoms with Crippen molar-refractivity contribution in [1.29, 1.82) is 0 Å². The van der Waals surface area contributed by atoms with E-state index in [1.54, 1.807) is 31.2 Å². The molecule has 0 saturated carbocycles. The van der Waals surface area contributed by atoms with Crippen LogP contribution in [0.25, 0.3) is 10.2 Å². The molecule has 2 aromatic carbocycles. The molecule has 24 heavy (non-hydrogen) atoms. The Morgan fingerprint density at radius 3 is 2.88 bits per heavy atom. The number of thiazole rings is 1. The van der Waals surface area contributed by atoms with Gasteiger partial charge in [-0.25, -0.2) is 9.37 Å². The molecule has 3 rings (SSSR count). The van der Waals surface area contributed by atoms with Gasteiger partial charge in [0.25, 0.3) is 5.91 Å². The first kappa shape index (κ1) is 16.7. The zero-order valence-electron chi connectivity index (χ0n) is 13.0. The summed E-state index contributed by atoms with van der Waals surface area (Å²) in [6.45, 7) is 3.50. The minimum absolute atomic E-state index is 0.330. The molecule has 124 valence electrons. The van der Waals surface area contributed by atoms with E-state index in [0.29, 0.717) is 26.1 Å². The van der Waals surface area contributed by atoms with E-state index in [2.05, 4.69) is 10.3 Å². The standard InChI is InChI=1S/C17H14ClFN2O2S/c1-9-7-11(18)3-6-14(9)23-10(2)16(22)21-17-20-13-5-4-12(19)8-15(13)24-17/h3-8,10H,1-2H3,(H,20,21,22). The van der Waals surface area contributed by atoms with Gasteiger partial charge in [-0.3, -0.25) is 10.1 Å². The lowest BCUT2D eigenvalue weighted by Crippen LogP contribution is -2.30. The van der Waals surface area contributed by atoms with Crippen LogP contribution in [0.1, 0.15) is 12.5 Å². The summed E-state index contributed by atoms with van der Waals surface area (Å²) in [6.07, 6.45) is -0.714. The predicted molar refractivity (Wildman–Crippen MR) is 94.5 cm³/mol. The maximum absolute atomic E-state index is 13.2. The Kier molecular flexibility index (Phi) is 4.69. The highest BCUT2D eigenvalue weighted by Gasteiger charge is 2.17. The highest BCUT2D eigenvalue weighted by Crippen LogP contribution is 2.27. The van der Waals surface area contributed by atoms with E-state index in [1.807, 2.05) is 6.92 Å². The number of nitrogens with one attached hydrogen (secondary N) is 1. The number of anilines is 1. The lowest BCUT2D eigenvalue weighted by Gasteiger charge is -2.15. The lowest BCUT2D eigenvalue weighted by molar-refractivity contribution is -0.122. The van der Waals surface area contributed by atoms with Crippen LogP contribution in [0, 0.1) is 12.7 Å². The number of aromatic nitrogens is 1. The van der Waals surface area contributed by atoms with Crippen molar-refractivity contribution in [2.24, 2.45) is 0 Å². The van der Waals surface area contributed by atoms with Crippen molar-refractivity contribution >= 4 is 44.2 Å². The van der Waals surface area contributed by atoms with Crippen molar-refractivity contribution in [1.82, 2.24) is 4.98 Å². The highest BCUT2D eigenvalue weighted by molar-refractivity contribution is 7.22. The first-order valence-electron chi connectivity index (χ1n) is 7.22. The Hall–Kier alpha value is -2.18. The average molecular weight is 365 g/mol. The second-order valence-corrected chi connectivity index (χ2v) is 6.76. The van der Waals surface area contributed by atoms with Crippen molar-refractivity contribution in [3.8, 4) is 5.75 Å². The van der Waals surface area contributed by atoms with E-state index in [1.165, 1.54) is 23.5 Å². The second kappa shape index (κ2) is 6.75. The summed E-state index contributed by atoms with van der Waals surface area (Å²) in [5.74, 6) is -0.0729. The van der Waals surface area contributed by atoms with Gasteiger partial charge in [0, 0.05) is 5.02 Å². The molecular weight excluding hydrogens is 351 g/mol. The number of fused-ring (bicyclic) bond motifs is 1. The smallest absolute Gasteiger partial charge is 0.266 e. The Bertz CT molecular complexity index is 913. The van der Waals surface area contributed by atoms with E-state index in [0.717, 1.165) is 5.56 Å². The molecule has 0 radical (unpaired) electrons. The summed E-state index contributed by atoms with van der Waals surface area (Å²) >= 11 is 7.12. The third-order valence-electron chi connectivity index (χ3n) is 3.39. The normalized spacial score (nSPS) is 12.2. The fourth-order valence-corrected chi connectivity index (χ4v) is 3.27. The summed E-state index contributed by atoms with van der Waals surface area (Å²) in [4.78, 5) is 16.5. The number of amides is 1. The molecule has 0 aliphatic rings. The van der Waals surface area contributed by atoms with Crippen LogP contribution in [0.15, 0.2) is 36.4 Å². The van der Waals surface area contributed by atoms with Gasteiger partial charge in [0.1, 0.15) is 11.6 Å². The Labute approximate surface area is 147 Å². The van der Waals surface area contributed by atoms with Crippen LogP contribution >= 0.6 is 22.9 Å². The summed E-state index contributed by atoms with van der Waals surface area (Å²) < 4.78 is 19.6. The second-order valence-electron chi connectivity index (χ2n) is 5.29. The first-order valence-corrected chi connectivity index (χ1v) is 8.41. The fraction of sp³-hybridized carbons (Fsp3) is 0.176. The van der Waals surface area contributed by atoms with Gasteiger partial charge in [-0.15, -0.1) is 0 Å². The molecule has 1 atom stereocenters. The van der Waals surface area contributed by atoms with Gasteiger partial charge in [-0.05, 0) is 55.8 Å². The van der Waals surface area contributed by atoms with Crippen molar-refractivity contribution in [2.75, 3.05) is 5.32 Å². The molecule has 1 unspecified atom stereocenters. The largest absolute Gasteiger partial charge is 0.481 e. The quantitative estimate of drug-likeness (QED) is 0.723. The van der Waals surface area contributed by atoms with Gasteiger partial charge in [-0.1, -0.05) is 22.9 Å². The van der Waals surface area contributed by atoms with Crippen LogP contribution in [0.2, 0.25) is 5.02 Å². The number of carbonyl (C=O) groups is 1. The van der Waals surface area contributed by atoms with Gasteiger partial charge in [0.05, 0.1) is 10.2 Å². The molecule has 1 heterocycles. The van der Waals surface area contributed by atoms with Crippen molar-refractivity contribution in [3.05, 3.63) is 52.8 Å². The fourth-order valence-electron chi connectivity index (χ4n) is 2.15. The molecule has 1 amide bonds. The van der Waals surface area contributed by atoms with Crippen LogP contribution < -0.4 is 10.1 Å². The maximum atomic E-state index is 13.2. The van der Waals surface area contributed by atoms with Gasteiger partial charge in [0.2, 0.25) is 0 Å². The number of rotatable bonds is 4. The number of carbonyl (C=O) groups excluding carboxylic acids is 1. The van der Waals surface area contributed by atoms with Gasteiger partial charge in [-0.2, -0.15) is 0 Å². The summed E-state index contributed by atoms with van der Waals surface area (Å²) in [5.41, 5.74) is 1.48. The topological polar surface area (TPSA) is 51.2 Å². The van der Waals surface area contributed by atoms with Crippen LogP contribution in [-0.2, 0) is 4.79 Å². The molecule has 4 nitrogen and oxygen atoms in total. The molecule has 0 bridgehead atoms. The summed E-state index contributed by atoms with van der Waals surface area (Å²) in [7, 11) is 0. The Morgan fingerprint density at radius 1 is 1.33 bits per heavy atom. The molecule has 3 aromatic rings. The molecular formula is C17H14ClFN2O2S. The van der Waals surface area contributed by atoms with Crippen LogP contribution in [-0.4, -0.2) is 17.0 Å². The lowest BCUT2D eigenvalue weighted by atomic mass is 10.2. The van der Waals surface area contributed by atoms with Gasteiger partial charge < -0.3 is 4.74 Å². The Balaban J connectivity index is 1.70. The zero-order valence-corrected chi connectivity index (χ0v) is 14.5.